The molecule has 0 saturated carbocycles. The lowest BCUT2D eigenvalue weighted by molar-refractivity contribution is -0.0501. The van der Waals surface area contributed by atoms with Crippen LogP contribution >= 0.6 is 0 Å². The number of hydrogen-bond donors (Lipinski definition) is 1. The van der Waals surface area contributed by atoms with Gasteiger partial charge in [0.25, 0.3) is 0 Å². The van der Waals surface area contributed by atoms with Crippen molar-refractivity contribution in [2.75, 3.05) is 0 Å². The highest BCUT2D eigenvalue weighted by atomic mass is 32.2. The van der Waals surface area contributed by atoms with Gasteiger partial charge in [-0.2, -0.15) is 26.6 Å². The van der Waals surface area contributed by atoms with Crippen molar-refractivity contribution in [3.05, 3.63) is 49.0 Å². The van der Waals surface area contributed by atoms with E-state index < -0.39 is 39.2 Å². The van der Waals surface area contributed by atoms with Crippen molar-refractivity contribution in [2.45, 2.75) is 64.1 Å². The molecule has 1 aromatic heterocycles. The van der Waals surface area contributed by atoms with Gasteiger partial charge in [-0.1, -0.05) is 18.7 Å². The number of rotatable bonds is 5. The molecule has 1 atom stereocenters. The highest BCUT2D eigenvalue weighted by molar-refractivity contribution is 7.87. The van der Waals surface area contributed by atoms with Gasteiger partial charge in [0.2, 0.25) is 5.88 Å². The van der Waals surface area contributed by atoms with E-state index in [0.717, 1.165) is 0 Å². The number of ether oxygens (including phenoxy) is 1. The number of amides is 1. The van der Waals surface area contributed by atoms with E-state index in [4.69, 9.17) is 4.74 Å². The summed E-state index contributed by atoms with van der Waals surface area (Å²) in [4.78, 5) is 20.3. The maximum absolute atomic E-state index is 12.9. The summed E-state index contributed by atoms with van der Waals surface area (Å²) in [5.74, 6) is -0.739. The van der Waals surface area contributed by atoms with E-state index in [0.29, 0.717) is 17.7 Å². The normalized spacial score (nSPS) is 16.6. The number of nitrogens with zero attached hydrogens (tertiary/aromatic N) is 2. The average molecular weight is 492 g/mol. The quantitative estimate of drug-likeness (QED) is 0.280. The first-order valence-corrected chi connectivity index (χ1v) is 11.3. The Balaban J connectivity index is 0.00000265. The fourth-order valence-corrected chi connectivity index (χ4v) is 3.30. The van der Waals surface area contributed by atoms with Crippen LogP contribution in [0.2, 0.25) is 0 Å². The van der Waals surface area contributed by atoms with Gasteiger partial charge in [0, 0.05) is 17.2 Å². The molecule has 1 N–H and O–H groups in total. The van der Waals surface area contributed by atoms with Crippen LogP contribution in [-0.4, -0.2) is 41.6 Å². The van der Waals surface area contributed by atoms with Gasteiger partial charge in [-0.15, -0.1) is 13.2 Å². The molecule has 0 aromatic carbocycles. The molecule has 0 spiro atoms. The van der Waals surface area contributed by atoms with Crippen LogP contribution in [0, 0.1) is 0 Å². The molecular weight excluding hydrogens is 463 g/mol. The van der Waals surface area contributed by atoms with Crippen molar-refractivity contribution in [3.63, 3.8) is 0 Å². The van der Waals surface area contributed by atoms with E-state index in [1.807, 2.05) is 0 Å². The zero-order chi connectivity index (χ0) is 25.6. The predicted molar refractivity (Wildman–Crippen MR) is 118 cm³/mol. The Hall–Kier alpha value is -2.89. The number of aromatic nitrogens is 2. The maximum atomic E-state index is 12.9. The molecule has 1 amide bonds. The molecule has 0 saturated heterocycles. The van der Waals surface area contributed by atoms with Gasteiger partial charge in [0.15, 0.2) is 5.82 Å². The Morgan fingerprint density at radius 1 is 1.21 bits per heavy atom. The molecular formula is C21H28F3N3O5S. The number of halogens is 3. The highest BCUT2D eigenvalue weighted by Gasteiger charge is 2.49. The zero-order valence-electron chi connectivity index (χ0n) is 19.0. The van der Waals surface area contributed by atoms with Crippen molar-refractivity contribution in [1.82, 2.24) is 15.3 Å². The molecule has 0 fully saturated rings. The van der Waals surface area contributed by atoms with Crippen LogP contribution < -0.4 is 9.50 Å². The largest absolute Gasteiger partial charge is 0.534 e. The maximum Gasteiger partial charge on any atom is 0.534 e. The van der Waals surface area contributed by atoms with Gasteiger partial charge in [-0.3, -0.25) is 0 Å². The predicted octanol–water partition coefficient (Wildman–Crippen LogP) is 4.48. The average Bonchev–Trinajstić information content (AvgIpc) is 2.68. The lowest BCUT2D eigenvalue weighted by Crippen LogP contribution is -2.42. The van der Waals surface area contributed by atoms with Crippen LogP contribution in [0.5, 0.6) is 5.88 Å². The SMILES string of the molecule is C=C.C=C/C(=C\C)c1nc2c(c(OS(=O)(=O)C(F)(F)F)n1)CC(NC(=O)OC(C)(C)C)CC2. The monoisotopic (exact) mass is 491 g/mol. The van der Waals surface area contributed by atoms with Gasteiger partial charge < -0.3 is 14.2 Å². The number of alkyl halides is 3. The van der Waals surface area contributed by atoms with Gasteiger partial charge in [-0.05, 0) is 47.0 Å². The number of carbonyl (C=O) groups excluding carboxylic acids is 1. The second-order valence-electron chi connectivity index (χ2n) is 7.79. The number of fused-ring (bicyclic) bond motifs is 1. The molecule has 0 bridgehead atoms. The Morgan fingerprint density at radius 3 is 2.30 bits per heavy atom. The molecule has 33 heavy (non-hydrogen) atoms. The summed E-state index contributed by atoms with van der Waals surface area (Å²) < 4.78 is 71.5. The molecule has 1 aliphatic rings. The third kappa shape index (κ3) is 7.58. The van der Waals surface area contributed by atoms with Gasteiger partial charge in [-0.25, -0.2) is 9.78 Å². The summed E-state index contributed by atoms with van der Waals surface area (Å²) >= 11 is 0. The number of nitrogens with one attached hydrogen (secondary N) is 1. The van der Waals surface area contributed by atoms with Crippen LogP contribution in [0.1, 0.15) is 51.2 Å². The zero-order valence-corrected chi connectivity index (χ0v) is 19.8. The number of hydrogen-bond acceptors (Lipinski definition) is 7. The third-order valence-corrected chi connectivity index (χ3v) is 5.16. The Morgan fingerprint density at radius 2 is 1.82 bits per heavy atom. The molecule has 1 heterocycles. The molecule has 12 heteroatoms. The van der Waals surface area contributed by atoms with Gasteiger partial charge in [0.05, 0.1) is 5.69 Å². The molecule has 1 aromatic rings. The minimum absolute atomic E-state index is 0.0119. The van der Waals surface area contributed by atoms with Gasteiger partial charge in [0.1, 0.15) is 5.60 Å². The minimum atomic E-state index is -5.95. The van der Waals surface area contributed by atoms with Crippen molar-refractivity contribution in [2.24, 2.45) is 0 Å². The van der Waals surface area contributed by atoms with Crippen LogP contribution in [0.25, 0.3) is 5.57 Å². The van der Waals surface area contributed by atoms with Crippen LogP contribution in [0.4, 0.5) is 18.0 Å². The van der Waals surface area contributed by atoms with Crippen molar-refractivity contribution >= 4 is 21.8 Å². The smallest absolute Gasteiger partial charge is 0.444 e. The van der Waals surface area contributed by atoms with Crippen molar-refractivity contribution in [1.29, 1.82) is 0 Å². The lowest BCUT2D eigenvalue weighted by atomic mass is 9.92. The van der Waals surface area contributed by atoms with Crippen molar-refractivity contribution in [3.8, 4) is 5.88 Å². The fraction of sp³-hybridized carbons (Fsp3) is 0.476. The Kier molecular flexibility index (Phi) is 9.23. The number of allylic oxidation sites excluding steroid dienone is 3. The molecule has 1 aliphatic carbocycles. The van der Waals surface area contributed by atoms with E-state index in [1.165, 1.54) is 6.08 Å². The van der Waals surface area contributed by atoms with E-state index in [9.17, 15) is 26.4 Å². The van der Waals surface area contributed by atoms with E-state index in [2.05, 4.69) is 39.2 Å². The first-order valence-electron chi connectivity index (χ1n) is 9.86. The molecule has 8 nitrogen and oxygen atoms in total. The molecule has 0 radical (unpaired) electrons. The highest BCUT2D eigenvalue weighted by Crippen LogP contribution is 2.33. The number of carbonyl (C=O) groups is 1. The molecule has 1 unspecified atom stereocenters. The summed E-state index contributed by atoms with van der Waals surface area (Å²) in [6.07, 6.45) is 2.89. The van der Waals surface area contributed by atoms with Crippen LogP contribution in [0.3, 0.4) is 0 Å². The molecule has 2 rings (SSSR count). The molecule has 0 aliphatic heterocycles. The first-order chi connectivity index (χ1) is 15.2. The second kappa shape index (κ2) is 10.8. The van der Waals surface area contributed by atoms with Gasteiger partial charge >= 0.3 is 21.7 Å². The van der Waals surface area contributed by atoms with E-state index >= 15 is 0 Å². The number of alkyl carbamates (subject to hydrolysis) is 1. The summed E-state index contributed by atoms with van der Waals surface area (Å²) in [5, 5.41) is 2.62. The summed E-state index contributed by atoms with van der Waals surface area (Å²) in [6, 6.07) is -0.534. The summed E-state index contributed by atoms with van der Waals surface area (Å²) in [6.45, 7) is 16.3. The topological polar surface area (TPSA) is 107 Å². The lowest BCUT2D eigenvalue weighted by Gasteiger charge is -2.28. The van der Waals surface area contributed by atoms with E-state index in [1.54, 1.807) is 33.8 Å². The Labute approximate surface area is 191 Å². The Bertz CT molecular complexity index is 1020. The van der Waals surface area contributed by atoms with Crippen LogP contribution in [-0.2, 0) is 27.7 Å². The first kappa shape index (κ1) is 28.1. The third-order valence-electron chi connectivity index (χ3n) is 4.22. The fourth-order valence-electron chi connectivity index (χ4n) is 2.86. The summed E-state index contributed by atoms with van der Waals surface area (Å²) in [7, 11) is -5.95. The minimum Gasteiger partial charge on any atom is -0.444 e. The van der Waals surface area contributed by atoms with E-state index in [-0.39, 0.29) is 24.2 Å². The molecule has 184 valence electrons. The number of aryl methyl sites for hydroxylation is 1. The second-order valence-corrected chi connectivity index (χ2v) is 9.33. The standard InChI is InChI=1S/C19H24F3N3O5S.C2H4/c1-6-11(7-2)15-24-14-9-8-12(23-17(26)29-18(3,4)5)10-13(14)16(25-15)30-31(27,28)19(20,21)22;1-2/h6-7,12H,1,8-10H2,2-5H3,(H,23,26);1-2H2/b11-7+;. The van der Waals surface area contributed by atoms with Crippen molar-refractivity contribution < 1.29 is 35.3 Å². The van der Waals surface area contributed by atoms with Crippen LogP contribution in [0.15, 0.2) is 31.9 Å². The summed E-state index contributed by atoms with van der Waals surface area (Å²) in [5.41, 5.74) is -5.57.